The molecule has 0 spiro atoms. The van der Waals surface area contributed by atoms with Crippen LogP contribution in [0.5, 0.6) is 5.75 Å². The average molecular weight is 318 g/mol. The number of sulfonamides is 1. The first-order valence-corrected chi connectivity index (χ1v) is 8.30. The van der Waals surface area contributed by atoms with Gasteiger partial charge in [0.05, 0.1) is 30.9 Å². The Bertz CT molecular complexity index is 901. The van der Waals surface area contributed by atoms with E-state index < -0.39 is 10.0 Å². The average Bonchev–Trinajstić information content (AvgIpc) is 2.89. The van der Waals surface area contributed by atoms with Crippen LogP contribution in [0.25, 0.3) is 16.9 Å². The quantitative estimate of drug-likeness (QED) is 0.792. The number of benzene rings is 1. The molecule has 114 valence electrons. The number of imidazole rings is 1. The van der Waals surface area contributed by atoms with Crippen molar-refractivity contribution in [3.63, 3.8) is 0 Å². The molecular formula is C14H14N4O3S. The van der Waals surface area contributed by atoms with E-state index in [4.69, 9.17) is 4.74 Å². The number of nitrogens with one attached hydrogen (secondary N) is 1. The molecule has 0 fully saturated rings. The predicted molar refractivity (Wildman–Crippen MR) is 83.4 cm³/mol. The molecule has 0 aliphatic carbocycles. The highest BCUT2D eigenvalue weighted by atomic mass is 32.2. The summed E-state index contributed by atoms with van der Waals surface area (Å²) in [6.07, 6.45) is 8.10. The summed E-state index contributed by atoms with van der Waals surface area (Å²) >= 11 is 0. The second kappa shape index (κ2) is 5.30. The number of fused-ring (bicyclic) bond motifs is 1. The summed E-state index contributed by atoms with van der Waals surface area (Å²) in [7, 11) is -1.81. The molecule has 0 radical (unpaired) electrons. The number of ether oxygens (including phenoxy) is 1. The molecule has 0 bridgehead atoms. The smallest absolute Gasteiger partial charge is 0.229 e. The van der Waals surface area contributed by atoms with Crippen LogP contribution in [0.3, 0.4) is 0 Å². The van der Waals surface area contributed by atoms with E-state index in [1.165, 1.54) is 7.11 Å². The largest absolute Gasteiger partial charge is 0.496 e. The molecule has 8 heteroatoms. The molecule has 3 aromatic rings. The fourth-order valence-corrected chi connectivity index (χ4v) is 2.71. The second-order valence-corrected chi connectivity index (χ2v) is 6.51. The van der Waals surface area contributed by atoms with Crippen molar-refractivity contribution < 1.29 is 13.2 Å². The molecule has 0 saturated carbocycles. The molecule has 0 amide bonds. The van der Waals surface area contributed by atoms with Crippen molar-refractivity contribution in [2.45, 2.75) is 0 Å². The zero-order valence-corrected chi connectivity index (χ0v) is 12.8. The van der Waals surface area contributed by atoms with E-state index in [1.54, 1.807) is 36.8 Å². The number of hydrogen-bond donors (Lipinski definition) is 1. The van der Waals surface area contributed by atoms with Crippen molar-refractivity contribution in [1.82, 2.24) is 14.4 Å². The Morgan fingerprint density at radius 2 is 2.14 bits per heavy atom. The summed E-state index contributed by atoms with van der Waals surface area (Å²) in [6, 6.07) is 5.06. The predicted octanol–water partition coefficient (Wildman–Crippen LogP) is 1.78. The van der Waals surface area contributed by atoms with Crippen LogP contribution < -0.4 is 9.46 Å². The maximum Gasteiger partial charge on any atom is 0.229 e. The van der Waals surface area contributed by atoms with Crippen LogP contribution in [0.4, 0.5) is 5.69 Å². The maximum atomic E-state index is 11.3. The first-order valence-electron chi connectivity index (χ1n) is 6.41. The van der Waals surface area contributed by atoms with Gasteiger partial charge in [0, 0.05) is 30.2 Å². The molecule has 7 nitrogen and oxygen atoms in total. The third-order valence-electron chi connectivity index (χ3n) is 3.04. The number of aromatic nitrogens is 3. The fraction of sp³-hybridized carbons (Fsp3) is 0.143. The summed E-state index contributed by atoms with van der Waals surface area (Å²) in [5, 5.41) is 0. The minimum atomic E-state index is -3.33. The van der Waals surface area contributed by atoms with E-state index in [1.807, 2.05) is 10.6 Å². The van der Waals surface area contributed by atoms with Crippen LogP contribution in [0.1, 0.15) is 0 Å². The van der Waals surface area contributed by atoms with Crippen molar-refractivity contribution in [3.8, 4) is 17.0 Å². The first-order chi connectivity index (χ1) is 10.5. The fourth-order valence-electron chi connectivity index (χ4n) is 2.15. The topological polar surface area (TPSA) is 85.6 Å². The van der Waals surface area contributed by atoms with Gasteiger partial charge < -0.3 is 9.14 Å². The molecule has 1 aromatic carbocycles. The zero-order valence-electron chi connectivity index (χ0n) is 12.0. The Morgan fingerprint density at radius 3 is 2.82 bits per heavy atom. The number of rotatable bonds is 4. The van der Waals surface area contributed by atoms with Crippen molar-refractivity contribution in [1.29, 1.82) is 0 Å². The Balaban J connectivity index is 2.06. The van der Waals surface area contributed by atoms with Crippen LogP contribution in [0.2, 0.25) is 0 Å². The van der Waals surface area contributed by atoms with Gasteiger partial charge in [0.25, 0.3) is 0 Å². The van der Waals surface area contributed by atoms with Gasteiger partial charge in [0.2, 0.25) is 10.0 Å². The van der Waals surface area contributed by atoms with Gasteiger partial charge in [-0.2, -0.15) is 0 Å². The molecule has 2 heterocycles. The zero-order chi connectivity index (χ0) is 15.7. The Morgan fingerprint density at radius 1 is 1.32 bits per heavy atom. The number of hydrogen-bond acceptors (Lipinski definition) is 5. The minimum Gasteiger partial charge on any atom is -0.496 e. The van der Waals surface area contributed by atoms with Gasteiger partial charge >= 0.3 is 0 Å². The third kappa shape index (κ3) is 2.86. The molecule has 0 aliphatic rings. The van der Waals surface area contributed by atoms with E-state index >= 15 is 0 Å². The third-order valence-corrected chi connectivity index (χ3v) is 3.65. The minimum absolute atomic E-state index is 0.438. The van der Waals surface area contributed by atoms with Gasteiger partial charge in [-0.1, -0.05) is 0 Å². The molecule has 2 aromatic heterocycles. The summed E-state index contributed by atoms with van der Waals surface area (Å²) in [5.41, 5.74) is 2.65. The molecule has 0 atom stereocenters. The number of anilines is 1. The lowest BCUT2D eigenvalue weighted by Gasteiger charge is -2.09. The van der Waals surface area contributed by atoms with Crippen molar-refractivity contribution in [2.24, 2.45) is 0 Å². The highest BCUT2D eigenvalue weighted by molar-refractivity contribution is 7.92. The molecule has 22 heavy (non-hydrogen) atoms. The summed E-state index contributed by atoms with van der Waals surface area (Å²) in [5.74, 6) is 0.532. The molecule has 3 rings (SSSR count). The lowest BCUT2D eigenvalue weighted by atomic mass is 10.1. The molecule has 0 saturated heterocycles. The van der Waals surface area contributed by atoms with Crippen LogP contribution in [0.15, 0.2) is 43.0 Å². The summed E-state index contributed by atoms with van der Waals surface area (Å²) < 4.78 is 32.2. The Labute approximate surface area is 127 Å². The monoisotopic (exact) mass is 318 g/mol. The lowest BCUT2D eigenvalue weighted by molar-refractivity contribution is 0.416. The van der Waals surface area contributed by atoms with Crippen LogP contribution in [-0.2, 0) is 10.0 Å². The van der Waals surface area contributed by atoms with E-state index in [9.17, 15) is 8.42 Å². The van der Waals surface area contributed by atoms with Gasteiger partial charge in [0.1, 0.15) is 5.75 Å². The molecule has 0 unspecified atom stereocenters. The standard InChI is InChI=1S/C14H14N4O3S/c1-21-13-7-10(17-22(2,19)20)3-4-11(13)12-9-18-6-5-15-8-14(18)16-12/h3-9,17H,1-2H3. The first kappa shape index (κ1) is 14.3. The van der Waals surface area contributed by atoms with E-state index in [0.29, 0.717) is 11.4 Å². The summed E-state index contributed by atoms with van der Waals surface area (Å²) in [6.45, 7) is 0. The normalized spacial score (nSPS) is 11.5. The van der Waals surface area contributed by atoms with Gasteiger partial charge in [-0.25, -0.2) is 13.4 Å². The highest BCUT2D eigenvalue weighted by Crippen LogP contribution is 2.32. The van der Waals surface area contributed by atoms with E-state index in [-0.39, 0.29) is 0 Å². The molecule has 1 N–H and O–H groups in total. The van der Waals surface area contributed by atoms with Crippen molar-refractivity contribution in [2.75, 3.05) is 18.1 Å². The van der Waals surface area contributed by atoms with E-state index in [0.717, 1.165) is 23.2 Å². The van der Waals surface area contributed by atoms with E-state index in [2.05, 4.69) is 14.7 Å². The second-order valence-electron chi connectivity index (χ2n) is 4.76. The number of nitrogens with zero attached hydrogens (tertiary/aromatic N) is 3. The number of methoxy groups -OCH3 is 1. The van der Waals surface area contributed by atoms with Crippen LogP contribution in [-0.4, -0.2) is 36.2 Å². The highest BCUT2D eigenvalue weighted by Gasteiger charge is 2.12. The summed E-state index contributed by atoms with van der Waals surface area (Å²) in [4.78, 5) is 8.50. The van der Waals surface area contributed by atoms with Crippen molar-refractivity contribution in [3.05, 3.63) is 43.0 Å². The molecule has 0 aliphatic heterocycles. The Hall–Kier alpha value is -2.61. The van der Waals surface area contributed by atoms with Gasteiger partial charge in [-0.05, 0) is 12.1 Å². The van der Waals surface area contributed by atoms with Gasteiger partial charge in [0.15, 0.2) is 5.65 Å². The van der Waals surface area contributed by atoms with Crippen molar-refractivity contribution >= 4 is 21.4 Å². The lowest BCUT2D eigenvalue weighted by Crippen LogP contribution is -2.09. The Kier molecular flexibility index (Phi) is 3.45. The van der Waals surface area contributed by atoms with Crippen LogP contribution >= 0.6 is 0 Å². The molecular weight excluding hydrogens is 304 g/mol. The van der Waals surface area contributed by atoms with Crippen LogP contribution in [0, 0.1) is 0 Å². The van der Waals surface area contributed by atoms with Gasteiger partial charge in [-0.3, -0.25) is 9.71 Å². The SMILES string of the molecule is COc1cc(NS(C)(=O)=O)ccc1-c1cn2ccncc2n1. The van der Waals surface area contributed by atoms with Gasteiger partial charge in [-0.15, -0.1) is 0 Å². The maximum absolute atomic E-state index is 11.3.